The molecule has 0 fully saturated rings. The first kappa shape index (κ1) is 9.83. The predicted octanol–water partition coefficient (Wildman–Crippen LogP) is 1.80. The van der Waals surface area contributed by atoms with Crippen LogP contribution in [0.5, 0.6) is 0 Å². The van der Waals surface area contributed by atoms with E-state index in [1.54, 1.807) is 0 Å². The maximum atomic E-state index is 12.2. The monoisotopic (exact) mass is 188 g/mol. The van der Waals surface area contributed by atoms with Gasteiger partial charge in [0.05, 0.1) is 0 Å². The van der Waals surface area contributed by atoms with Gasteiger partial charge in [0.2, 0.25) is 0 Å². The van der Waals surface area contributed by atoms with E-state index in [-0.39, 0.29) is 5.69 Å². The van der Waals surface area contributed by atoms with Crippen LogP contribution in [0.1, 0.15) is 25.0 Å². The second-order valence-electron chi connectivity index (χ2n) is 2.59. The average Bonchev–Trinajstić information content (AvgIpc) is 2.53. The largest absolute Gasteiger partial charge is 0.303 e. The summed E-state index contributed by atoms with van der Waals surface area (Å²) in [5.41, 5.74) is -0.0918. The molecule has 0 saturated heterocycles. The molecule has 0 aliphatic rings. The van der Waals surface area contributed by atoms with Crippen molar-refractivity contribution in [2.75, 3.05) is 0 Å². The third-order valence-corrected chi connectivity index (χ3v) is 1.66. The number of carbonyl (C=O) groups is 1. The Morgan fingerprint density at radius 2 is 2.38 bits per heavy atom. The summed E-state index contributed by atoms with van der Waals surface area (Å²) >= 11 is 0. The van der Waals surface area contributed by atoms with Crippen molar-refractivity contribution in [3.05, 3.63) is 18.0 Å². The lowest BCUT2D eigenvalue weighted by atomic mass is 10.3. The molecule has 0 spiro atoms. The molecular weight excluding hydrogens is 178 g/mol. The molecule has 0 unspecified atom stereocenters. The van der Waals surface area contributed by atoms with E-state index in [1.165, 1.54) is 16.9 Å². The summed E-state index contributed by atoms with van der Waals surface area (Å²) in [6.07, 6.45) is 0.528. The smallest absolute Gasteiger partial charge is 0.280 e. The summed E-state index contributed by atoms with van der Waals surface area (Å²) in [5, 5.41) is 3.73. The van der Waals surface area contributed by atoms with Crippen LogP contribution in [0.3, 0.4) is 0 Å². The van der Waals surface area contributed by atoms with E-state index in [0.29, 0.717) is 19.4 Å². The number of aromatic nitrogens is 2. The zero-order valence-electron chi connectivity index (χ0n) is 6.99. The topological polar surface area (TPSA) is 34.9 Å². The molecule has 1 aromatic rings. The number of halogens is 2. The van der Waals surface area contributed by atoms with Gasteiger partial charge in [0.25, 0.3) is 6.43 Å². The van der Waals surface area contributed by atoms with Crippen molar-refractivity contribution in [3.8, 4) is 0 Å². The van der Waals surface area contributed by atoms with Crippen LogP contribution in [-0.2, 0) is 11.3 Å². The lowest BCUT2D eigenvalue weighted by molar-refractivity contribution is -0.107. The van der Waals surface area contributed by atoms with E-state index in [4.69, 9.17) is 0 Å². The Labute approximate surface area is 74.4 Å². The van der Waals surface area contributed by atoms with Gasteiger partial charge in [0.1, 0.15) is 12.0 Å². The van der Waals surface area contributed by atoms with E-state index < -0.39 is 6.43 Å². The first-order valence-electron chi connectivity index (χ1n) is 3.99. The molecule has 13 heavy (non-hydrogen) atoms. The van der Waals surface area contributed by atoms with Crippen molar-refractivity contribution in [3.63, 3.8) is 0 Å². The number of carbonyl (C=O) groups excluding carboxylic acids is 1. The van der Waals surface area contributed by atoms with E-state index in [9.17, 15) is 13.6 Å². The van der Waals surface area contributed by atoms with Crippen LogP contribution in [-0.4, -0.2) is 16.1 Å². The summed E-state index contributed by atoms with van der Waals surface area (Å²) in [5.74, 6) is 0. The standard InChI is InChI=1S/C8H10F2N2O/c9-8(10)7-3-4-11-12(7)5-1-2-6-13/h3-4,6,8H,1-2,5H2. The molecule has 1 rings (SSSR count). The van der Waals surface area contributed by atoms with E-state index in [2.05, 4.69) is 5.10 Å². The summed E-state index contributed by atoms with van der Waals surface area (Å²) in [7, 11) is 0. The molecule has 0 N–H and O–H groups in total. The second kappa shape index (κ2) is 4.69. The van der Waals surface area contributed by atoms with Gasteiger partial charge in [-0.2, -0.15) is 5.10 Å². The number of aryl methyl sites for hydroxylation is 1. The summed E-state index contributed by atoms with van der Waals surface area (Å²) in [4.78, 5) is 9.97. The number of rotatable bonds is 5. The van der Waals surface area contributed by atoms with E-state index >= 15 is 0 Å². The van der Waals surface area contributed by atoms with Gasteiger partial charge in [-0.05, 0) is 12.5 Å². The molecule has 0 aliphatic heterocycles. The van der Waals surface area contributed by atoms with Crippen LogP contribution in [0.15, 0.2) is 12.3 Å². The summed E-state index contributed by atoms with van der Waals surface area (Å²) < 4.78 is 25.7. The fraction of sp³-hybridized carbons (Fsp3) is 0.500. The fourth-order valence-corrected chi connectivity index (χ4v) is 1.04. The highest BCUT2D eigenvalue weighted by atomic mass is 19.3. The van der Waals surface area contributed by atoms with Gasteiger partial charge in [-0.1, -0.05) is 0 Å². The third-order valence-electron chi connectivity index (χ3n) is 1.66. The first-order chi connectivity index (χ1) is 6.25. The predicted molar refractivity (Wildman–Crippen MR) is 42.5 cm³/mol. The minimum atomic E-state index is -2.50. The lowest BCUT2D eigenvalue weighted by Gasteiger charge is -2.04. The molecule has 0 bridgehead atoms. The zero-order chi connectivity index (χ0) is 9.68. The van der Waals surface area contributed by atoms with Gasteiger partial charge < -0.3 is 4.79 Å². The molecule has 0 amide bonds. The SMILES string of the molecule is O=CCCCn1nccc1C(F)F. The molecule has 1 heterocycles. The minimum Gasteiger partial charge on any atom is -0.303 e. The molecule has 72 valence electrons. The molecule has 5 heteroatoms. The van der Waals surface area contributed by atoms with Crippen LogP contribution in [0.25, 0.3) is 0 Å². The van der Waals surface area contributed by atoms with Crippen LogP contribution in [0, 0.1) is 0 Å². The van der Waals surface area contributed by atoms with Crippen molar-refractivity contribution in [1.29, 1.82) is 0 Å². The maximum absolute atomic E-state index is 12.2. The number of alkyl halides is 2. The van der Waals surface area contributed by atoms with Crippen LogP contribution < -0.4 is 0 Å². The first-order valence-corrected chi connectivity index (χ1v) is 3.99. The van der Waals surface area contributed by atoms with Gasteiger partial charge in [-0.25, -0.2) is 8.78 Å². The Morgan fingerprint density at radius 3 is 3.00 bits per heavy atom. The van der Waals surface area contributed by atoms with Gasteiger partial charge in [-0.3, -0.25) is 4.68 Å². The zero-order valence-corrected chi connectivity index (χ0v) is 6.99. The van der Waals surface area contributed by atoms with Crippen LogP contribution in [0.2, 0.25) is 0 Å². The molecule has 3 nitrogen and oxygen atoms in total. The quantitative estimate of drug-likeness (QED) is 0.521. The van der Waals surface area contributed by atoms with Crippen LogP contribution in [0.4, 0.5) is 8.78 Å². The fourth-order valence-electron chi connectivity index (χ4n) is 1.04. The lowest BCUT2D eigenvalue weighted by Crippen LogP contribution is -2.05. The van der Waals surface area contributed by atoms with Crippen LogP contribution >= 0.6 is 0 Å². The maximum Gasteiger partial charge on any atom is 0.280 e. The molecular formula is C8H10F2N2O. The summed E-state index contributed by atoms with van der Waals surface area (Å²) in [6.45, 7) is 0.366. The molecule has 0 saturated carbocycles. The number of hydrogen-bond acceptors (Lipinski definition) is 2. The molecule has 0 atom stereocenters. The van der Waals surface area contributed by atoms with Crippen molar-refractivity contribution >= 4 is 6.29 Å². The second-order valence-corrected chi connectivity index (χ2v) is 2.59. The van der Waals surface area contributed by atoms with Crippen molar-refractivity contribution in [2.24, 2.45) is 0 Å². The van der Waals surface area contributed by atoms with Gasteiger partial charge in [-0.15, -0.1) is 0 Å². The molecule has 0 radical (unpaired) electrons. The highest BCUT2D eigenvalue weighted by Gasteiger charge is 2.12. The Kier molecular flexibility index (Phi) is 3.54. The molecule has 0 aliphatic carbocycles. The Hall–Kier alpha value is -1.26. The number of nitrogens with zero attached hydrogens (tertiary/aromatic N) is 2. The minimum absolute atomic E-state index is 0.0918. The highest BCUT2D eigenvalue weighted by molar-refractivity contribution is 5.48. The number of aldehydes is 1. The highest BCUT2D eigenvalue weighted by Crippen LogP contribution is 2.17. The normalized spacial score (nSPS) is 10.7. The van der Waals surface area contributed by atoms with Gasteiger partial charge in [0.15, 0.2) is 0 Å². The molecule has 0 aromatic carbocycles. The van der Waals surface area contributed by atoms with Crippen molar-refractivity contribution in [2.45, 2.75) is 25.8 Å². The van der Waals surface area contributed by atoms with E-state index in [1.807, 2.05) is 0 Å². The van der Waals surface area contributed by atoms with Gasteiger partial charge >= 0.3 is 0 Å². The Morgan fingerprint density at radius 1 is 1.62 bits per heavy atom. The molecule has 1 aromatic heterocycles. The number of unbranched alkanes of at least 4 members (excludes halogenated alkanes) is 1. The average molecular weight is 188 g/mol. The van der Waals surface area contributed by atoms with Crippen molar-refractivity contribution < 1.29 is 13.6 Å². The van der Waals surface area contributed by atoms with Gasteiger partial charge in [0, 0.05) is 19.2 Å². The Bertz CT molecular complexity index is 273. The van der Waals surface area contributed by atoms with E-state index in [0.717, 1.165) is 6.29 Å². The number of hydrogen-bond donors (Lipinski definition) is 0. The van der Waals surface area contributed by atoms with Crippen molar-refractivity contribution in [1.82, 2.24) is 9.78 Å². The third kappa shape index (κ3) is 2.61. The summed E-state index contributed by atoms with van der Waals surface area (Å²) in [6, 6.07) is 1.28. The Balaban J connectivity index is 2.55.